The van der Waals surface area contributed by atoms with Gasteiger partial charge in [-0.3, -0.25) is 19.7 Å². The van der Waals surface area contributed by atoms with Crippen LogP contribution in [-0.4, -0.2) is 97.3 Å². The van der Waals surface area contributed by atoms with E-state index in [9.17, 15) is 29.3 Å². The summed E-state index contributed by atoms with van der Waals surface area (Å²) in [4.78, 5) is 58.6. The molecule has 2 aromatic heterocycles. The molecular formula is C29H27Cl4N7O9Sn. The number of fused-ring (bicyclic) bond motifs is 3. The van der Waals surface area contributed by atoms with E-state index in [0.717, 1.165) is 10.2 Å². The Morgan fingerprint density at radius 3 is 1.98 bits per heavy atom. The molecule has 0 N–H and O–H groups in total. The van der Waals surface area contributed by atoms with Crippen molar-refractivity contribution < 1.29 is 38.3 Å². The van der Waals surface area contributed by atoms with Crippen molar-refractivity contribution in [2.24, 2.45) is 0 Å². The quantitative estimate of drug-likeness (QED) is 0.0726. The zero-order valence-electron chi connectivity index (χ0n) is 26.5. The van der Waals surface area contributed by atoms with Crippen LogP contribution in [0.2, 0.25) is 10.0 Å². The van der Waals surface area contributed by atoms with E-state index in [1.54, 1.807) is 39.0 Å². The summed E-state index contributed by atoms with van der Waals surface area (Å²) in [5, 5.41) is 27.4. The first kappa shape index (κ1) is 40.6. The summed E-state index contributed by atoms with van der Waals surface area (Å²) in [6.45, 7) is 5.40. The predicted molar refractivity (Wildman–Crippen MR) is 182 cm³/mol. The van der Waals surface area contributed by atoms with Crippen LogP contribution in [0, 0.1) is 10.1 Å². The first-order valence-electron chi connectivity index (χ1n) is 14.5. The molecule has 0 saturated carbocycles. The van der Waals surface area contributed by atoms with Gasteiger partial charge in [0.1, 0.15) is 11.5 Å². The average Bonchev–Trinajstić information content (AvgIpc) is 3.63. The zero-order chi connectivity index (χ0) is 37.0. The van der Waals surface area contributed by atoms with Crippen LogP contribution in [0.3, 0.4) is 0 Å². The summed E-state index contributed by atoms with van der Waals surface area (Å²) in [5.41, 5.74) is 1.43. The summed E-state index contributed by atoms with van der Waals surface area (Å²) >= 11 is 11.1. The van der Waals surface area contributed by atoms with Crippen LogP contribution in [-0.2, 0) is 43.1 Å². The molecule has 0 bridgehead atoms. The van der Waals surface area contributed by atoms with Gasteiger partial charge in [0, 0.05) is 22.5 Å². The van der Waals surface area contributed by atoms with Crippen LogP contribution < -0.4 is 0 Å². The molecule has 5 rings (SSSR count). The summed E-state index contributed by atoms with van der Waals surface area (Å²) in [6, 6.07) is 9.05. The van der Waals surface area contributed by atoms with Gasteiger partial charge in [-0.2, -0.15) is 0 Å². The molecular weight excluding hydrogens is 851 g/mol. The van der Waals surface area contributed by atoms with E-state index >= 15 is 0 Å². The second-order valence-electron chi connectivity index (χ2n) is 9.64. The van der Waals surface area contributed by atoms with E-state index in [0.29, 0.717) is 16.4 Å². The number of carbonyl (C=O) groups excluding carboxylic acids is 4. The fraction of sp³-hybridized carbons (Fsp3) is 0.310. The maximum absolute atomic E-state index is 12.1. The Hall–Kier alpha value is -3.84. The summed E-state index contributed by atoms with van der Waals surface area (Å²) in [7, 11) is 9.87. The van der Waals surface area contributed by atoms with E-state index in [-0.39, 0.29) is 78.3 Å². The van der Waals surface area contributed by atoms with E-state index in [4.69, 9.17) is 55.3 Å². The topological polar surface area (TPSA) is 201 Å². The molecule has 0 aliphatic carbocycles. The monoisotopic (exact) mass is 877 g/mol. The predicted octanol–water partition coefficient (Wildman–Crippen LogP) is 4.87. The van der Waals surface area contributed by atoms with Crippen molar-refractivity contribution >= 4 is 89.3 Å². The Balaban J connectivity index is 0.000000255. The molecule has 2 aromatic carbocycles. The number of nitro benzene ring substituents is 1. The van der Waals surface area contributed by atoms with Gasteiger partial charge in [-0.1, -0.05) is 39.7 Å². The van der Waals surface area contributed by atoms with Gasteiger partial charge in [0.25, 0.3) is 5.69 Å². The second kappa shape index (κ2) is 19.5. The van der Waals surface area contributed by atoms with Crippen molar-refractivity contribution in [3.05, 3.63) is 84.9 Å². The number of halogens is 4. The van der Waals surface area contributed by atoms with E-state index in [1.165, 1.54) is 22.9 Å². The normalized spacial score (nSPS) is 11.4. The van der Waals surface area contributed by atoms with Crippen LogP contribution in [0.1, 0.15) is 58.7 Å². The minimum atomic E-state index is -0.826. The molecule has 2 radical (unpaired) electrons. The van der Waals surface area contributed by atoms with Gasteiger partial charge in [0.15, 0.2) is 11.4 Å². The Kier molecular flexibility index (Phi) is 15.8. The number of carbonyl (C=O) groups is 4. The molecule has 0 saturated heterocycles. The third-order valence-electron chi connectivity index (χ3n) is 6.47. The van der Waals surface area contributed by atoms with Gasteiger partial charge < -0.3 is 14.2 Å². The Morgan fingerprint density at radius 2 is 1.38 bits per heavy atom. The van der Waals surface area contributed by atoms with Crippen LogP contribution in [0.4, 0.5) is 5.69 Å². The van der Waals surface area contributed by atoms with Crippen molar-refractivity contribution in [2.75, 3.05) is 19.8 Å². The number of ether oxygens (including phenoxy) is 3. The Labute approximate surface area is 312 Å². The van der Waals surface area contributed by atoms with Gasteiger partial charge in [0.2, 0.25) is 0 Å². The zero-order valence-corrected chi connectivity index (χ0v) is 32.4. The molecule has 1 aliphatic heterocycles. The molecule has 1 aliphatic rings. The molecule has 0 atom stereocenters. The molecule has 21 heteroatoms. The van der Waals surface area contributed by atoms with Crippen molar-refractivity contribution in [3.8, 4) is 11.4 Å². The molecule has 3 heterocycles. The summed E-state index contributed by atoms with van der Waals surface area (Å²) < 4.78 is 17.2. The number of ketones is 1. The molecule has 0 fully saturated rings. The summed E-state index contributed by atoms with van der Waals surface area (Å²) in [5.74, 6) is -2.03. The number of benzene rings is 2. The van der Waals surface area contributed by atoms with Crippen molar-refractivity contribution in [3.63, 3.8) is 0 Å². The second-order valence-corrected chi connectivity index (χ2v) is 14.8. The van der Waals surface area contributed by atoms with Crippen molar-refractivity contribution in [2.45, 2.75) is 40.0 Å². The van der Waals surface area contributed by atoms with E-state index in [1.807, 2.05) is 0 Å². The number of esters is 3. The molecule has 0 spiro atoms. The third-order valence-corrected chi connectivity index (χ3v) is 6.94. The number of nitro groups is 1. The molecule has 0 unspecified atom stereocenters. The molecule has 4 aromatic rings. The van der Waals surface area contributed by atoms with Crippen LogP contribution in [0.25, 0.3) is 11.4 Å². The van der Waals surface area contributed by atoms with Gasteiger partial charge in [-0.15, -0.1) is 10.2 Å². The van der Waals surface area contributed by atoms with E-state index < -0.39 is 41.7 Å². The fourth-order valence-corrected chi connectivity index (χ4v) is 4.87. The van der Waals surface area contributed by atoms with E-state index in [2.05, 4.69) is 20.6 Å². The molecule has 50 heavy (non-hydrogen) atoms. The number of hydrogen-bond donors (Lipinski definition) is 0. The Bertz CT molecular complexity index is 1890. The molecule has 16 nitrogen and oxygen atoms in total. The fourth-order valence-electron chi connectivity index (χ4n) is 4.54. The van der Waals surface area contributed by atoms with Crippen LogP contribution in [0.5, 0.6) is 0 Å². The third kappa shape index (κ3) is 10.3. The standard InChI is InChI=1S/C15H15ClN4O6.C14H12ClN3O3.2ClH.Sn/c1-3-25-13(21)8-12-14(15(22)26-4-2)17-18-19(12)11-7-9(16)5-6-10(11)20(23)24;1-2-21-14(20)13-12-7-10(19)5-8-3-4-9(15)6-11(8)18(12)17-16-13;;;/h5-7H,3-4,8H2,1-2H3;3-4,6H,2,5,7H2,1H3;2*1H;/q;;;;+2/p-2. The number of Topliss-reactive ketones (excluding diaryl/α,β-unsaturated/α-hetero) is 1. The first-order chi connectivity index (χ1) is 23.9. The number of aromatic nitrogens is 6. The number of rotatable bonds is 9. The number of hydrogen-bond acceptors (Lipinski definition) is 13. The SMILES string of the molecule is CCOC(=O)Cc1c(C(=O)OCC)nnn1-c1cc(Cl)ccc1[N+](=O)[O-].CCOC(=O)c1nnn2c1CC(=O)Cc1ccc(Cl)cc1-2.[Cl][Sn][Cl]. The van der Waals surface area contributed by atoms with Gasteiger partial charge in [-0.25, -0.2) is 19.0 Å². The molecule has 264 valence electrons. The summed E-state index contributed by atoms with van der Waals surface area (Å²) in [6.07, 6.45) is -0.00969. The van der Waals surface area contributed by atoms with Gasteiger partial charge >= 0.3 is 54.6 Å². The van der Waals surface area contributed by atoms with Crippen molar-refractivity contribution in [1.82, 2.24) is 30.0 Å². The van der Waals surface area contributed by atoms with Gasteiger partial charge in [-0.05, 0) is 50.6 Å². The number of nitrogens with zero attached hydrogens (tertiary/aromatic N) is 7. The maximum atomic E-state index is 12.1. The van der Waals surface area contributed by atoms with Gasteiger partial charge in [0.05, 0.1) is 54.7 Å². The average molecular weight is 878 g/mol. The minimum absolute atomic E-state index is 0.00673. The van der Waals surface area contributed by atoms with Crippen LogP contribution in [0.15, 0.2) is 36.4 Å². The van der Waals surface area contributed by atoms with Crippen molar-refractivity contribution in [1.29, 1.82) is 0 Å². The first-order valence-corrected chi connectivity index (χ1v) is 22.5. The van der Waals surface area contributed by atoms with Crippen LogP contribution >= 0.6 is 41.0 Å². The Morgan fingerprint density at radius 1 is 0.840 bits per heavy atom. The molecule has 0 amide bonds.